The minimum Gasteiger partial charge on any atom is -0.385 e. The molecule has 3 N–H and O–H groups in total. The van der Waals surface area contributed by atoms with Crippen LogP contribution in [0.2, 0.25) is 0 Å². The Hall–Kier alpha value is -2.29. The number of nitrogens with two attached hydrogens (primary N) is 1. The molecule has 0 bridgehead atoms. The Labute approximate surface area is 119 Å². The summed E-state index contributed by atoms with van der Waals surface area (Å²) < 4.78 is 0. The van der Waals surface area contributed by atoms with Crippen LogP contribution >= 0.6 is 0 Å². The molecule has 104 valence electrons. The molecule has 0 aliphatic carbocycles. The number of aryl methyl sites for hydroxylation is 1. The van der Waals surface area contributed by atoms with Gasteiger partial charge in [-0.2, -0.15) is 0 Å². The molecule has 0 aliphatic rings. The van der Waals surface area contributed by atoms with Crippen molar-refractivity contribution < 1.29 is 4.79 Å². The number of rotatable bonds is 6. The van der Waals surface area contributed by atoms with Gasteiger partial charge >= 0.3 is 0 Å². The predicted octanol–water partition coefficient (Wildman–Crippen LogP) is 3.14. The van der Waals surface area contributed by atoms with E-state index in [0.717, 1.165) is 30.6 Å². The molecule has 0 aromatic heterocycles. The number of nitrogens with one attached hydrogen (secondary N) is 1. The topological polar surface area (TPSA) is 55.1 Å². The number of carbonyl (C=O) groups excluding carboxylic acids is 1. The van der Waals surface area contributed by atoms with Crippen molar-refractivity contribution in [1.82, 2.24) is 0 Å². The van der Waals surface area contributed by atoms with Crippen molar-refractivity contribution in [3.8, 4) is 0 Å². The third-order valence-electron chi connectivity index (χ3n) is 3.40. The minimum atomic E-state index is -0.379. The quantitative estimate of drug-likeness (QED) is 0.791. The maximum absolute atomic E-state index is 11.3. The Kier molecular flexibility index (Phi) is 4.77. The third-order valence-corrected chi connectivity index (χ3v) is 3.40. The normalized spacial score (nSPS) is 10.2. The molecule has 0 saturated heterocycles. The molecule has 0 spiro atoms. The number of primary amides is 1. The van der Waals surface area contributed by atoms with E-state index in [1.165, 1.54) is 5.56 Å². The van der Waals surface area contributed by atoms with E-state index in [1.54, 1.807) is 6.07 Å². The summed E-state index contributed by atoms with van der Waals surface area (Å²) >= 11 is 0. The first-order chi connectivity index (χ1) is 9.68. The SMILES string of the molecule is Cc1c(NCCCc2ccccc2)cccc1C(N)=O. The van der Waals surface area contributed by atoms with E-state index < -0.39 is 0 Å². The van der Waals surface area contributed by atoms with E-state index >= 15 is 0 Å². The Morgan fingerprint density at radius 1 is 1.10 bits per heavy atom. The number of carbonyl (C=O) groups is 1. The zero-order chi connectivity index (χ0) is 14.4. The number of hydrogen-bond acceptors (Lipinski definition) is 2. The minimum absolute atomic E-state index is 0.379. The second-order valence-electron chi connectivity index (χ2n) is 4.86. The van der Waals surface area contributed by atoms with Gasteiger partial charge in [0, 0.05) is 17.8 Å². The molecule has 0 unspecified atom stereocenters. The highest BCUT2D eigenvalue weighted by atomic mass is 16.1. The van der Waals surface area contributed by atoms with Gasteiger partial charge < -0.3 is 11.1 Å². The van der Waals surface area contributed by atoms with Crippen molar-refractivity contribution in [1.29, 1.82) is 0 Å². The summed E-state index contributed by atoms with van der Waals surface area (Å²) in [6.07, 6.45) is 2.09. The van der Waals surface area contributed by atoms with Crippen LogP contribution in [0.5, 0.6) is 0 Å². The molecular weight excluding hydrogens is 248 g/mol. The van der Waals surface area contributed by atoms with E-state index in [4.69, 9.17) is 5.73 Å². The number of hydrogen-bond donors (Lipinski definition) is 2. The van der Waals surface area contributed by atoms with Crippen LogP contribution < -0.4 is 11.1 Å². The van der Waals surface area contributed by atoms with Gasteiger partial charge in [-0.3, -0.25) is 4.79 Å². The molecule has 0 radical (unpaired) electrons. The molecule has 3 nitrogen and oxygen atoms in total. The molecule has 0 heterocycles. The van der Waals surface area contributed by atoms with Gasteiger partial charge in [0.1, 0.15) is 0 Å². The molecule has 1 amide bonds. The van der Waals surface area contributed by atoms with Gasteiger partial charge in [0.25, 0.3) is 0 Å². The summed E-state index contributed by atoms with van der Waals surface area (Å²) in [5.74, 6) is -0.379. The van der Waals surface area contributed by atoms with Crippen molar-refractivity contribution in [3.63, 3.8) is 0 Å². The Bertz CT molecular complexity index is 579. The van der Waals surface area contributed by atoms with Gasteiger partial charge in [-0.25, -0.2) is 0 Å². The van der Waals surface area contributed by atoms with Crippen LogP contribution in [-0.2, 0) is 6.42 Å². The van der Waals surface area contributed by atoms with Crippen LogP contribution in [0.4, 0.5) is 5.69 Å². The van der Waals surface area contributed by atoms with Crippen LogP contribution in [0, 0.1) is 6.92 Å². The summed E-state index contributed by atoms with van der Waals surface area (Å²) in [7, 11) is 0. The van der Waals surface area contributed by atoms with Crippen molar-refractivity contribution >= 4 is 11.6 Å². The Morgan fingerprint density at radius 3 is 2.55 bits per heavy atom. The largest absolute Gasteiger partial charge is 0.385 e. The van der Waals surface area contributed by atoms with E-state index in [2.05, 4.69) is 29.6 Å². The average Bonchev–Trinajstić information content (AvgIpc) is 2.46. The van der Waals surface area contributed by atoms with Crippen molar-refractivity contribution in [2.75, 3.05) is 11.9 Å². The van der Waals surface area contributed by atoms with Gasteiger partial charge in [-0.1, -0.05) is 36.4 Å². The highest BCUT2D eigenvalue weighted by Gasteiger charge is 2.07. The Balaban J connectivity index is 1.88. The fourth-order valence-corrected chi connectivity index (χ4v) is 2.25. The lowest BCUT2D eigenvalue weighted by atomic mass is 10.1. The van der Waals surface area contributed by atoms with Crippen molar-refractivity contribution in [3.05, 3.63) is 65.2 Å². The zero-order valence-corrected chi connectivity index (χ0v) is 11.7. The first-order valence-corrected chi connectivity index (χ1v) is 6.85. The molecule has 0 atom stereocenters. The number of amides is 1. The summed E-state index contributed by atoms with van der Waals surface area (Å²) in [6, 6.07) is 16.0. The second kappa shape index (κ2) is 6.75. The summed E-state index contributed by atoms with van der Waals surface area (Å²) in [6.45, 7) is 2.79. The maximum atomic E-state index is 11.3. The van der Waals surface area contributed by atoms with Crippen LogP contribution in [0.25, 0.3) is 0 Å². The number of anilines is 1. The van der Waals surface area contributed by atoms with Gasteiger partial charge in [0.2, 0.25) is 5.91 Å². The van der Waals surface area contributed by atoms with Gasteiger partial charge in [0.05, 0.1) is 0 Å². The van der Waals surface area contributed by atoms with Crippen LogP contribution in [-0.4, -0.2) is 12.5 Å². The lowest BCUT2D eigenvalue weighted by molar-refractivity contribution is 0.1000. The first kappa shape index (κ1) is 14.1. The van der Waals surface area contributed by atoms with E-state index in [0.29, 0.717) is 5.56 Å². The first-order valence-electron chi connectivity index (χ1n) is 6.85. The number of benzene rings is 2. The molecule has 2 rings (SSSR count). The fraction of sp³-hybridized carbons (Fsp3) is 0.235. The molecule has 0 aliphatic heterocycles. The lowest BCUT2D eigenvalue weighted by Crippen LogP contribution is -2.14. The monoisotopic (exact) mass is 268 g/mol. The third kappa shape index (κ3) is 3.60. The summed E-state index contributed by atoms with van der Waals surface area (Å²) in [5, 5.41) is 3.37. The van der Waals surface area contributed by atoms with Gasteiger partial charge in [-0.05, 0) is 43.0 Å². The van der Waals surface area contributed by atoms with Crippen LogP contribution in [0.15, 0.2) is 48.5 Å². The van der Waals surface area contributed by atoms with E-state index in [1.807, 2.05) is 25.1 Å². The molecule has 3 heteroatoms. The smallest absolute Gasteiger partial charge is 0.249 e. The van der Waals surface area contributed by atoms with Crippen molar-refractivity contribution in [2.45, 2.75) is 19.8 Å². The molecule has 2 aromatic carbocycles. The molecule has 0 saturated carbocycles. The summed E-state index contributed by atoms with van der Waals surface area (Å²) in [4.78, 5) is 11.3. The van der Waals surface area contributed by atoms with Gasteiger partial charge in [0.15, 0.2) is 0 Å². The zero-order valence-electron chi connectivity index (χ0n) is 11.7. The predicted molar refractivity (Wildman–Crippen MR) is 82.9 cm³/mol. The van der Waals surface area contributed by atoms with E-state index in [9.17, 15) is 4.79 Å². The second-order valence-corrected chi connectivity index (χ2v) is 4.86. The standard InChI is InChI=1S/C17H20N2O/c1-13-15(17(18)20)10-5-11-16(13)19-12-6-9-14-7-3-2-4-8-14/h2-5,7-8,10-11,19H,6,9,12H2,1H3,(H2,18,20). The highest BCUT2D eigenvalue weighted by Crippen LogP contribution is 2.18. The molecule has 0 fully saturated rings. The fourth-order valence-electron chi connectivity index (χ4n) is 2.25. The molecule has 2 aromatic rings. The van der Waals surface area contributed by atoms with Crippen LogP contribution in [0.3, 0.4) is 0 Å². The van der Waals surface area contributed by atoms with E-state index in [-0.39, 0.29) is 5.91 Å². The molecular formula is C17H20N2O. The lowest BCUT2D eigenvalue weighted by Gasteiger charge is -2.11. The Morgan fingerprint density at radius 2 is 1.85 bits per heavy atom. The van der Waals surface area contributed by atoms with Crippen LogP contribution in [0.1, 0.15) is 27.9 Å². The highest BCUT2D eigenvalue weighted by molar-refractivity contribution is 5.95. The van der Waals surface area contributed by atoms with Crippen molar-refractivity contribution in [2.24, 2.45) is 5.73 Å². The summed E-state index contributed by atoms with van der Waals surface area (Å²) in [5.41, 5.74) is 9.17. The maximum Gasteiger partial charge on any atom is 0.249 e. The molecule has 20 heavy (non-hydrogen) atoms. The average molecular weight is 268 g/mol. The van der Waals surface area contributed by atoms with Gasteiger partial charge in [-0.15, -0.1) is 0 Å².